The number of methoxy groups -OCH3 is 1. The van der Waals surface area contributed by atoms with Crippen LogP contribution in [-0.2, 0) is 14.9 Å². The number of rotatable bonds is 5. The molecule has 1 aromatic rings. The Hall–Kier alpha value is -1.39. The minimum Gasteiger partial charge on any atom is -0.389 e. The van der Waals surface area contributed by atoms with Crippen molar-refractivity contribution in [2.45, 2.75) is 56.5 Å². The van der Waals surface area contributed by atoms with E-state index >= 15 is 0 Å². The molecule has 25 heavy (non-hydrogen) atoms. The molecule has 1 aliphatic carbocycles. The number of carbonyl (C=O) groups is 1. The largest absolute Gasteiger partial charge is 0.389 e. The molecule has 1 amide bonds. The molecule has 1 heterocycles. The molecule has 2 aliphatic rings. The van der Waals surface area contributed by atoms with Gasteiger partial charge in [0.25, 0.3) is 0 Å². The third-order valence-corrected chi connectivity index (χ3v) is 6.45. The predicted octanol–water partition coefficient (Wildman–Crippen LogP) is 3.13. The van der Waals surface area contributed by atoms with Crippen LogP contribution in [0.15, 0.2) is 30.3 Å². The van der Waals surface area contributed by atoms with Crippen molar-refractivity contribution in [3.63, 3.8) is 0 Å². The van der Waals surface area contributed by atoms with Gasteiger partial charge in [0, 0.05) is 32.7 Å². The van der Waals surface area contributed by atoms with Gasteiger partial charge >= 0.3 is 0 Å². The van der Waals surface area contributed by atoms with E-state index < -0.39 is 5.60 Å². The molecule has 1 N–H and O–H groups in total. The van der Waals surface area contributed by atoms with Crippen LogP contribution in [0, 0.1) is 5.92 Å². The zero-order chi connectivity index (χ0) is 17.9. The van der Waals surface area contributed by atoms with E-state index in [1.807, 2.05) is 23.1 Å². The number of ether oxygens (including phenoxy) is 1. The first-order valence-electron chi connectivity index (χ1n) is 9.58. The van der Waals surface area contributed by atoms with E-state index in [-0.39, 0.29) is 17.2 Å². The van der Waals surface area contributed by atoms with Crippen LogP contribution in [0.1, 0.15) is 51.0 Å². The molecule has 0 unspecified atom stereocenters. The Balaban J connectivity index is 1.77. The summed E-state index contributed by atoms with van der Waals surface area (Å²) in [7, 11) is 1.66. The second-order valence-corrected chi connectivity index (χ2v) is 7.90. The van der Waals surface area contributed by atoms with E-state index in [4.69, 9.17) is 4.74 Å². The Kier molecular flexibility index (Phi) is 5.49. The first kappa shape index (κ1) is 18.4. The van der Waals surface area contributed by atoms with Gasteiger partial charge in [-0.25, -0.2) is 0 Å². The van der Waals surface area contributed by atoms with Crippen LogP contribution >= 0.6 is 0 Å². The van der Waals surface area contributed by atoms with E-state index in [9.17, 15) is 9.90 Å². The maximum absolute atomic E-state index is 13.5. The first-order chi connectivity index (χ1) is 12.0. The molecule has 3 rings (SSSR count). The molecule has 2 atom stereocenters. The van der Waals surface area contributed by atoms with Crippen molar-refractivity contribution in [1.29, 1.82) is 0 Å². The number of amides is 1. The highest BCUT2D eigenvalue weighted by Gasteiger charge is 2.48. The van der Waals surface area contributed by atoms with Crippen molar-refractivity contribution in [1.82, 2.24) is 4.90 Å². The average Bonchev–Trinajstić information content (AvgIpc) is 3.14. The third-order valence-electron chi connectivity index (χ3n) is 6.45. The molecule has 2 fully saturated rings. The minimum absolute atomic E-state index is 0.0644. The molecular weight excluding hydrogens is 314 g/mol. The molecule has 4 heteroatoms. The predicted molar refractivity (Wildman–Crippen MR) is 98.4 cm³/mol. The summed E-state index contributed by atoms with van der Waals surface area (Å²) in [5.41, 5.74) is 0.0797. The fourth-order valence-electron chi connectivity index (χ4n) is 4.67. The zero-order valence-corrected chi connectivity index (χ0v) is 15.5. The lowest BCUT2D eigenvalue weighted by Gasteiger charge is -2.45. The van der Waals surface area contributed by atoms with E-state index in [0.717, 1.165) is 31.2 Å². The lowest BCUT2D eigenvalue weighted by atomic mass is 9.75. The summed E-state index contributed by atoms with van der Waals surface area (Å²) in [5.74, 6) is 0.325. The van der Waals surface area contributed by atoms with Gasteiger partial charge in [0.05, 0.1) is 11.0 Å². The summed E-state index contributed by atoms with van der Waals surface area (Å²) in [4.78, 5) is 15.5. The fourth-order valence-corrected chi connectivity index (χ4v) is 4.67. The molecule has 0 spiro atoms. The summed E-state index contributed by atoms with van der Waals surface area (Å²) in [5, 5.41) is 10.9. The smallest absolute Gasteiger partial charge is 0.233 e. The molecule has 0 radical (unpaired) electrons. The van der Waals surface area contributed by atoms with Gasteiger partial charge in [-0.3, -0.25) is 4.79 Å². The second-order valence-electron chi connectivity index (χ2n) is 7.90. The molecule has 0 bridgehead atoms. The van der Waals surface area contributed by atoms with Gasteiger partial charge in [-0.05, 0) is 31.2 Å². The lowest BCUT2D eigenvalue weighted by molar-refractivity contribution is -0.146. The number of nitrogens with zero attached hydrogens (tertiary/aromatic N) is 1. The van der Waals surface area contributed by atoms with E-state index in [0.29, 0.717) is 32.5 Å². The number of piperidine rings is 1. The van der Waals surface area contributed by atoms with Crippen LogP contribution in [0.3, 0.4) is 0 Å². The number of likely N-dealkylation sites (tertiary alicyclic amines) is 1. The zero-order valence-electron chi connectivity index (χ0n) is 15.5. The maximum Gasteiger partial charge on any atom is 0.233 e. The van der Waals surface area contributed by atoms with Gasteiger partial charge in [-0.1, -0.05) is 50.1 Å². The fraction of sp³-hybridized carbons (Fsp3) is 0.667. The van der Waals surface area contributed by atoms with Gasteiger partial charge < -0.3 is 14.7 Å². The Bertz CT molecular complexity index is 582. The Morgan fingerprint density at radius 2 is 1.92 bits per heavy atom. The van der Waals surface area contributed by atoms with Crippen LogP contribution in [0.2, 0.25) is 0 Å². The average molecular weight is 345 g/mol. The first-order valence-corrected chi connectivity index (χ1v) is 9.58. The Morgan fingerprint density at radius 1 is 1.24 bits per heavy atom. The second kappa shape index (κ2) is 7.46. The Labute approximate surface area is 151 Å². The number of aliphatic hydroxyl groups is 1. The maximum atomic E-state index is 13.5. The van der Waals surface area contributed by atoms with Gasteiger partial charge in [0.2, 0.25) is 5.91 Å². The molecule has 1 aromatic carbocycles. The summed E-state index contributed by atoms with van der Waals surface area (Å²) in [6.45, 7) is 3.88. The van der Waals surface area contributed by atoms with Gasteiger partial charge in [-0.15, -0.1) is 0 Å². The van der Waals surface area contributed by atoms with Crippen molar-refractivity contribution in [3.05, 3.63) is 35.9 Å². The van der Waals surface area contributed by atoms with Crippen molar-refractivity contribution < 1.29 is 14.6 Å². The van der Waals surface area contributed by atoms with Crippen molar-refractivity contribution in [2.24, 2.45) is 5.92 Å². The van der Waals surface area contributed by atoms with Crippen LogP contribution in [0.5, 0.6) is 0 Å². The summed E-state index contributed by atoms with van der Waals surface area (Å²) in [6.07, 6.45) is 5.37. The van der Waals surface area contributed by atoms with Gasteiger partial charge in [0.15, 0.2) is 0 Å². The summed E-state index contributed by atoms with van der Waals surface area (Å²) in [6, 6.07) is 10.3. The third kappa shape index (κ3) is 3.47. The highest BCUT2D eigenvalue weighted by atomic mass is 16.5. The number of hydrogen-bond donors (Lipinski definition) is 1. The van der Waals surface area contributed by atoms with Gasteiger partial charge in [0.1, 0.15) is 0 Å². The number of carbonyl (C=O) groups excluding carboxylic acids is 1. The standard InChI is InChI=1S/C21H31NO3/c1-17-16-22(14-12-21(17,24)13-15-25-2)19(23)20(10-6-7-11-20)18-8-4-3-5-9-18/h3-5,8-9,17,24H,6-7,10-16H2,1-2H3/t17-,21-/m1/s1. The molecule has 1 aliphatic heterocycles. The van der Waals surface area contributed by atoms with Crippen LogP contribution in [0.4, 0.5) is 0 Å². The number of benzene rings is 1. The lowest BCUT2D eigenvalue weighted by Crippen LogP contribution is -2.56. The van der Waals surface area contributed by atoms with Crippen LogP contribution in [-0.4, -0.2) is 48.3 Å². The quantitative estimate of drug-likeness (QED) is 0.892. The van der Waals surface area contributed by atoms with E-state index in [1.165, 1.54) is 0 Å². The van der Waals surface area contributed by atoms with Crippen molar-refractivity contribution in [2.75, 3.05) is 26.8 Å². The summed E-state index contributed by atoms with van der Waals surface area (Å²) >= 11 is 0. The molecule has 4 nitrogen and oxygen atoms in total. The van der Waals surface area contributed by atoms with Gasteiger partial charge in [-0.2, -0.15) is 0 Å². The Morgan fingerprint density at radius 3 is 2.52 bits per heavy atom. The van der Waals surface area contributed by atoms with Crippen molar-refractivity contribution >= 4 is 5.91 Å². The molecule has 1 saturated heterocycles. The summed E-state index contributed by atoms with van der Waals surface area (Å²) < 4.78 is 5.15. The number of hydrogen-bond acceptors (Lipinski definition) is 3. The topological polar surface area (TPSA) is 49.8 Å². The molecule has 1 saturated carbocycles. The SMILES string of the molecule is COCC[C@]1(O)CCN(C(=O)C2(c3ccccc3)CCCC2)C[C@H]1C. The molecular formula is C21H31NO3. The normalized spacial score (nSPS) is 28.9. The highest BCUT2D eigenvalue weighted by molar-refractivity contribution is 5.88. The molecule has 138 valence electrons. The monoisotopic (exact) mass is 345 g/mol. The van der Waals surface area contributed by atoms with E-state index in [1.54, 1.807) is 7.11 Å². The highest BCUT2D eigenvalue weighted by Crippen LogP contribution is 2.44. The van der Waals surface area contributed by atoms with Crippen LogP contribution < -0.4 is 0 Å². The molecule has 0 aromatic heterocycles. The van der Waals surface area contributed by atoms with Crippen LogP contribution in [0.25, 0.3) is 0 Å². The van der Waals surface area contributed by atoms with Crippen molar-refractivity contribution in [3.8, 4) is 0 Å². The van der Waals surface area contributed by atoms with E-state index in [2.05, 4.69) is 19.1 Å². The minimum atomic E-state index is -0.720.